The maximum atomic E-state index is 12.9. The van der Waals surface area contributed by atoms with Crippen LogP contribution in [0, 0.1) is 13.8 Å². The second-order valence-corrected chi connectivity index (χ2v) is 8.76. The van der Waals surface area contributed by atoms with Crippen molar-refractivity contribution in [2.45, 2.75) is 58.9 Å². The zero-order valence-electron chi connectivity index (χ0n) is 20.9. The number of nitrogens with one attached hydrogen (secondary N) is 4. The van der Waals surface area contributed by atoms with Crippen molar-refractivity contribution in [2.75, 3.05) is 13.1 Å². The Morgan fingerprint density at radius 1 is 1.00 bits per heavy atom. The summed E-state index contributed by atoms with van der Waals surface area (Å²) in [6.45, 7) is 7.88. The van der Waals surface area contributed by atoms with Crippen LogP contribution in [-0.4, -0.2) is 42.9 Å². The highest BCUT2D eigenvalue weighted by molar-refractivity contribution is 5.97. The molecule has 2 atom stereocenters. The molecule has 2 aromatic carbocycles. The van der Waals surface area contributed by atoms with Gasteiger partial charge in [0.1, 0.15) is 6.04 Å². The van der Waals surface area contributed by atoms with Crippen LogP contribution in [0.2, 0.25) is 0 Å². The summed E-state index contributed by atoms with van der Waals surface area (Å²) in [5, 5.41) is 10.9. The van der Waals surface area contributed by atoms with E-state index in [9.17, 15) is 27.6 Å². The molecule has 196 valence electrons. The van der Waals surface area contributed by atoms with E-state index in [0.29, 0.717) is 19.0 Å². The highest BCUT2D eigenvalue weighted by Crippen LogP contribution is 2.29. The Labute approximate surface area is 209 Å². The topological polar surface area (TPSA) is 99.3 Å². The molecule has 4 N–H and O–H groups in total. The first kappa shape index (κ1) is 28.8. The van der Waals surface area contributed by atoms with Crippen molar-refractivity contribution in [3.05, 3.63) is 70.3 Å². The molecule has 36 heavy (non-hydrogen) atoms. The third-order valence-corrected chi connectivity index (χ3v) is 5.68. The molecule has 1 unspecified atom stereocenters. The Bertz CT molecular complexity index is 1070. The zero-order chi connectivity index (χ0) is 26.9. The van der Waals surface area contributed by atoms with Gasteiger partial charge < -0.3 is 21.3 Å². The van der Waals surface area contributed by atoms with Gasteiger partial charge in [0, 0.05) is 24.7 Å². The van der Waals surface area contributed by atoms with Crippen LogP contribution in [0.3, 0.4) is 0 Å². The molecule has 0 heterocycles. The summed E-state index contributed by atoms with van der Waals surface area (Å²) in [4.78, 5) is 37.5. The summed E-state index contributed by atoms with van der Waals surface area (Å²) in [5.41, 5.74) is 2.11. The number of aryl methyl sites for hydroxylation is 2. The summed E-state index contributed by atoms with van der Waals surface area (Å²) < 4.78 is 38.7. The molecule has 0 spiro atoms. The third-order valence-electron chi connectivity index (χ3n) is 5.68. The van der Waals surface area contributed by atoms with Crippen LogP contribution in [0.15, 0.2) is 42.5 Å². The molecule has 0 aromatic heterocycles. The Balaban J connectivity index is 1.98. The molecule has 0 aliphatic heterocycles. The van der Waals surface area contributed by atoms with E-state index >= 15 is 0 Å². The number of benzene rings is 2. The lowest BCUT2D eigenvalue weighted by molar-refractivity contribution is -0.137. The van der Waals surface area contributed by atoms with Crippen LogP contribution in [0.25, 0.3) is 0 Å². The first-order chi connectivity index (χ1) is 16.9. The standard InChI is InChI=1S/C26H33F3N4O3/c1-5-18(4)32-25(36)22(14-30-13-20-10-9-16(2)11-17(20)3)33-23(34)15-31-24(35)19-7-6-8-21(12-19)26(27,28)29/h6-12,18,22,30H,5,13-15H2,1-4H3,(H,31,35)(H,32,36)(H,33,34)/t18?,22-/m0/s1. The van der Waals surface area contributed by atoms with Crippen LogP contribution >= 0.6 is 0 Å². The van der Waals surface area contributed by atoms with Gasteiger partial charge in [-0.3, -0.25) is 14.4 Å². The summed E-state index contributed by atoms with van der Waals surface area (Å²) in [6, 6.07) is 8.94. The molecule has 0 aliphatic rings. The fraction of sp³-hybridized carbons (Fsp3) is 0.423. The lowest BCUT2D eigenvalue weighted by atomic mass is 10.1. The highest BCUT2D eigenvalue weighted by Gasteiger charge is 2.31. The number of carbonyl (C=O) groups excluding carboxylic acids is 3. The first-order valence-electron chi connectivity index (χ1n) is 11.7. The maximum absolute atomic E-state index is 12.9. The van der Waals surface area contributed by atoms with E-state index in [2.05, 4.69) is 27.3 Å². The number of amides is 3. The zero-order valence-corrected chi connectivity index (χ0v) is 20.9. The second kappa shape index (κ2) is 13.1. The molecule has 7 nitrogen and oxygen atoms in total. The van der Waals surface area contributed by atoms with Gasteiger partial charge in [0.25, 0.3) is 5.91 Å². The van der Waals surface area contributed by atoms with Crippen molar-refractivity contribution in [3.63, 3.8) is 0 Å². The van der Waals surface area contributed by atoms with Crippen LogP contribution in [-0.2, 0) is 22.3 Å². The molecule has 0 fully saturated rings. The highest BCUT2D eigenvalue weighted by atomic mass is 19.4. The van der Waals surface area contributed by atoms with Crippen molar-refractivity contribution in [2.24, 2.45) is 0 Å². The number of carbonyl (C=O) groups is 3. The average Bonchev–Trinajstić information content (AvgIpc) is 2.82. The number of hydrogen-bond acceptors (Lipinski definition) is 4. The van der Waals surface area contributed by atoms with Gasteiger partial charge in [-0.1, -0.05) is 36.8 Å². The minimum absolute atomic E-state index is 0.100. The molecule has 0 aliphatic carbocycles. The van der Waals surface area contributed by atoms with E-state index in [1.807, 2.05) is 39.8 Å². The van der Waals surface area contributed by atoms with Gasteiger partial charge in [0.15, 0.2) is 0 Å². The maximum Gasteiger partial charge on any atom is 0.416 e. The van der Waals surface area contributed by atoms with E-state index in [-0.39, 0.29) is 24.1 Å². The molecule has 2 aromatic rings. The first-order valence-corrected chi connectivity index (χ1v) is 11.7. The molecule has 2 rings (SSSR count). The Kier molecular flexibility index (Phi) is 10.5. The van der Waals surface area contributed by atoms with Crippen molar-refractivity contribution in [1.29, 1.82) is 0 Å². The summed E-state index contributed by atoms with van der Waals surface area (Å²) in [6.07, 6.45) is -3.89. The van der Waals surface area contributed by atoms with Crippen molar-refractivity contribution in [1.82, 2.24) is 21.3 Å². The molecule has 0 saturated heterocycles. The molecular formula is C26H33F3N4O3. The van der Waals surface area contributed by atoms with Gasteiger partial charge in [-0.05, 0) is 56.5 Å². The monoisotopic (exact) mass is 506 g/mol. The normalized spacial score (nSPS) is 13.0. The SMILES string of the molecule is CCC(C)NC(=O)[C@H](CNCc1ccc(C)cc1C)NC(=O)CNC(=O)c1cccc(C(F)(F)F)c1. The largest absolute Gasteiger partial charge is 0.416 e. The van der Waals surface area contributed by atoms with E-state index in [1.54, 1.807) is 0 Å². The van der Waals surface area contributed by atoms with Crippen molar-refractivity contribution in [3.8, 4) is 0 Å². The van der Waals surface area contributed by atoms with Gasteiger partial charge in [-0.15, -0.1) is 0 Å². The van der Waals surface area contributed by atoms with Crippen molar-refractivity contribution >= 4 is 17.7 Å². The molecule has 0 bridgehead atoms. The minimum atomic E-state index is -4.59. The van der Waals surface area contributed by atoms with E-state index in [1.165, 1.54) is 6.07 Å². The summed E-state index contributed by atoms with van der Waals surface area (Å²) in [5.74, 6) is -1.85. The molecular weight excluding hydrogens is 473 g/mol. The molecule has 3 amide bonds. The Hall–Kier alpha value is -3.40. The van der Waals surface area contributed by atoms with Gasteiger partial charge >= 0.3 is 6.18 Å². The van der Waals surface area contributed by atoms with Crippen LogP contribution in [0.4, 0.5) is 13.2 Å². The smallest absolute Gasteiger partial charge is 0.352 e. The molecule has 0 radical (unpaired) electrons. The Morgan fingerprint density at radius 2 is 1.72 bits per heavy atom. The number of halogens is 3. The minimum Gasteiger partial charge on any atom is -0.352 e. The average molecular weight is 507 g/mol. The van der Waals surface area contributed by atoms with Crippen LogP contribution in [0.5, 0.6) is 0 Å². The fourth-order valence-corrected chi connectivity index (χ4v) is 3.39. The molecule has 10 heteroatoms. The van der Waals surface area contributed by atoms with Crippen LogP contribution < -0.4 is 21.3 Å². The quantitative estimate of drug-likeness (QED) is 0.376. The van der Waals surface area contributed by atoms with E-state index < -0.39 is 36.1 Å². The van der Waals surface area contributed by atoms with Gasteiger partial charge in [0.05, 0.1) is 12.1 Å². The second-order valence-electron chi connectivity index (χ2n) is 8.76. The lowest BCUT2D eigenvalue weighted by Crippen LogP contribution is -2.54. The third kappa shape index (κ3) is 8.99. The lowest BCUT2D eigenvalue weighted by Gasteiger charge is -2.22. The number of hydrogen-bond donors (Lipinski definition) is 4. The van der Waals surface area contributed by atoms with E-state index in [4.69, 9.17) is 0 Å². The van der Waals surface area contributed by atoms with Crippen LogP contribution in [0.1, 0.15) is 52.9 Å². The number of alkyl halides is 3. The fourth-order valence-electron chi connectivity index (χ4n) is 3.39. The van der Waals surface area contributed by atoms with Gasteiger partial charge in [0.2, 0.25) is 11.8 Å². The predicted octanol–water partition coefficient (Wildman–Crippen LogP) is 3.24. The van der Waals surface area contributed by atoms with Gasteiger partial charge in [-0.2, -0.15) is 13.2 Å². The summed E-state index contributed by atoms with van der Waals surface area (Å²) in [7, 11) is 0. The number of rotatable bonds is 11. The summed E-state index contributed by atoms with van der Waals surface area (Å²) >= 11 is 0. The van der Waals surface area contributed by atoms with Gasteiger partial charge in [-0.25, -0.2) is 0 Å². The Morgan fingerprint density at radius 3 is 2.36 bits per heavy atom. The van der Waals surface area contributed by atoms with E-state index in [0.717, 1.165) is 28.8 Å². The predicted molar refractivity (Wildman–Crippen MR) is 131 cm³/mol. The molecule has 0 saturated carbocycles. The van der Waals surface area contributed by atoms with Crippen molar-refractivity contribution < 1.29 is 27.6 Å².